The molecule has 1 fully saturated rings. The number of aryl methyl sites for hydroxylation is 1. The lowest BCUT2D eigenvalue weighted by atomic mass is 10.1. The van der Waals surface area contributed by atoms with Gasteiger partial charge in [-0.25, -0.2) is 0 Å². The van der Waals surface area contributed by atoms with E-state index in [1.165, 1.54) is 0 Å². The molecule has 1 aromatic carbocycles. The van der Waals surface area contributed by atoms with Crippen molar-refractivity contribution in [3.8, 4) is 0 Å². The van der Waals surface area contributed by atoms with Crippen LogP contribution in [0.25, 0.3) is 0 Å². The first-order valence-electron chi connectivity index (χ1n) is 6.81. The van der Waals surface area contributed by atoms with Gasteiger partial charge < -0.3 is 10.0 Å². The lowest BCUT2D eigenvalue weighted by molar-refractivity contribution is 0.0723. The van der Waals surface area contributed by atoms with Crippen molar-refractivity contribution in [2.45, 2.75) is 38.6 Å². The van der Waals surface area contributed by atoms with Crippen molar-refractivity contribution in [2.75, 3.05) is 13.2 Å². The molecule has 1 atom stereocenters. The second-order valence-electron chi connectivity index (χ2n) is 5.14. The van der Waals surface area contributed by atoms with Crippen molar-refractivity contribution in [3.63, 3.8) is 0 Å². The predicted octanol–water partition coefficient (Wildman–Crippen LogP) is 3.13. The fourth-order valence-electron chi connectivity index (χ4n) is 2.69. The highest BCUT2D eigenvalue weighted by Crippen LogP contribution is 2.26. The minimum Gasteiger partial charge on any atom is -0.396 e. The summed E-state index contributed by atoms with van der Waals surface area (Å²) < 4.78 is 0.857. The van der Waals surface area contributed by atoms with E-state index >= 15 is 0 Å². The first-order chi connectivity index (χ1) is 9.13. The summed E-state index contributed by atoms with van der Waals surface area (Å²) in [5, 5.41) is 8.94. The number of carbonyl (C=O) groups excluding carboxylic acids is 1. The summed E-state index contributed by atoms with van der Waals surface area (Å²) >= 11 is 3.46. The zero-order valence-electron chi connectivity index (χ0n) is 11.2. The average Bonchev–Trinajstić information content (AvgIpc) is 2.86. The normalized spacial score (nSPS) is 18.9. The van der Waals surface area contributed by atoms with Crippen LogP contribution in [0.15, 0.2) is 22.7 Å². The van der Waals surface area contributed by atoms with Crippen molar-refractivity contribution in [1.82, 2.24) is 4.90 Å². The molecule has 19 heavy (non-hydrogen) atoms. The van der Waals surface area contributed by atoms with E-state index in [9.17, 15) is 4.79 Å². The van der Waals surface area contributed by atoms with Crippen LogP contribution < -0.4 is 0 Å². The molecule has 0 spiro atoms. The minimum absolute atomic E-state index is 0.107. The van der Waals surface area contributed by atoms with Gasteiger partial charge in [-0.3, -0.25) is 4.79 Å². The van der Waals surface area contributed by atoms with E-state index in [1.54, 1.807) is 0 Å². The molecule has 1 N–H and O–H groups in total. The van der Waals surface area contributed by atoms with Crippen LogP contribution in [-0.4, -0.2) is 35.1 Å². The van der Waals surface area contributed by atoms with Crippen LogP contribution in [0.3, 0.4) is 0 Å². The number of amides is 1. The van der Waals surface area contributed by atoms with Gasteiger partial charge in [0.1, 0.15) is 0 Å². The van der Waals surface area contributed by atoms with E-state index in [2.05, 4.69) is 15.9 Å². The summed E-state index contributed by atoms with van der Waals surface area (Å²) in [5.74, 6) is 0.107. The van der Waals surface area contributed by atoms with E-state index in [0.29, 0.717) is 0 Å². The molecular weight excluding hydrogens is 306 g/mol. The predicted molar refractivity (Wildman–Crippen MR) is 79.3 cm³/mol. The molecule has 3 nitrogen and oxygen atoms in total. The molecule has 1 amide bonds. The summed E-state index contributed by atoms with van der Waals surface area (Å²) in [7, 11) is 0. The number of hydrogen-bond acceptors (Lipinski definition) is 2. The second-order valence-corrected chi connectivity index (χ2v) is 6.00. The van der Waals surface area contributed by atoms with E-state index in [1.807, 2.05) is 30.0 Å². The molecule has 4 heteroatoms. The van der Waals surface area contributed by atoms with Gasteiger partial charge in [0.25, 0.3) is 5.91 Å². The summed E-state index contributed by atoms with van der Waals surface area (Å²) in [6, 6.07) is 6.15. The van der Waals surface area contributed by atoms with Crippen LogP contribution in [0.1, 0.15) is 41.6 Å². The van der Waals surface area contributed by atoms with Gasteiger partial charge in [-0.1, -0.05) is 11.6 Å². The largest absolute Gasteiger partial charge is 0.396 e. The standard InChI is InChI=1S/C15H20BrNO2/c1-11-6-7-14(16)13(10-11)15(19)17-8-2-4-12(17)5-3-9-18/h6-7,10,12,18H,2-5,8-9H2,1H3. The maximum atomic E-state index is 12.6. The fraction of sp³-hybridized carbons (Fsp3) is 0.533. The van der Waals surface area contributed by atoms with Crippen LogP contribution in [0, 0.1) is 6.92 Å². The first kappa shape index (κ1) is 14.5. The zero-order chi connectivity index (χ0) is 13.8. The molecular formula is C15H20BrNO2. The molecule has 1 aromatic rings. The summed E-state index contributed by atoms with van der Waals surface area (Å²) in [4.78, 5) is 14.6. The van der Waals surface area contributed by atoms with Crippen LogP contribution in [-0.2, 0) is 0 Å². The molecule has 0 saturated carbocycles. The van der Waals surface area contributed by atoms with E-state index in [4.69, 9.17) is 5.11 Å². The Kier molecular flexibility index (Phi) is 4.99. The lowest BCUT2D eigenvalue weighted by Crippen LogP contribution is -2.35. The minimum atomic E-state index is 0.107. The quantitative estimate of drug-likeness (QED) is 0.923. The van der Waals surface area contributed by atoms with Gasteiger partial charge in [-0.2, -0.15) is 0 Å². The Labute approximate surface area is 122 Å². The number of aliphatic hydroxyl groups excluding tert-OH is 1. The number of hydrogen-bond donors (Lipinski definition) is 1. The van der Waals surface area contributed by atoms with Gasteiger partial charge in [-0.05, 0) is 60.7 Å². The first-order valence-corrected chi connectivity index (χ1v) is 7.60. The van der Waals surface area contributed by atoms with Gasteiger partial charge in [-0.15, -0.1) is 0 Å². The number of rotatable bonds is 4. The van der Waals surface area contributed by atoms with Crippen LogP contribution >= 0.6 is 15.9 Å². The van der Waals surface area contributed by atoms with Crippen LogP contribution in [0.4, 0.5) is 0 Å². The molecule has 104 valence electrons. The molecule has 0 aromatic heterocycles. The third-order valence-electron chi connectivity index (χ3n) is 3.69. The van der Waals surface area contributed by atoms with Gasteiger partial charge >= 0.3 is 0 Å². The van der Waals surface area contributed by atoms with Gasteiger partial charge in [0.05, 0.1) is 5.56 Å². The van der Waals surface area contributed by atoms with Gasteiger partial charge in [0.2, 0.25) is 0 Å². The molecule has 1 heterocycles. The van der Waals surface area contributed by atoms with Crippen molar-refractivity contribution >= 4 is 21.8 Å². The number of aliphatic hydroxyl groups is 1. The Morgan fingerprint density at radius 2 is 2.32 bits per heavy atom. The second kappa shape index (κ2) is 6.53. The zero-order valence-corrected chi connectivity index (χ0v) is 12.8. The molecule has 2 rings (SSSR count). The number of benzene rings is 1. The lowest BCUT2D eigenvalue weighted by Gasteiger charge is -2.25. The van der Waals surface area contributed by atoms with E-state index < -0.39 is 0 Å². The summed E-state index contributed by atoms with van der Waals surface area (Å²) in [5.41, 5.74) is 1.84. The summed E-state index contributed by atoms with van der Waals surface area (Å²) in [6.45, 7) is 3.03. The Morgan fingerprint density at radius 1 is 1.53 bits per heavy atom. The van der Waals surface area contributed by atoms with Crippen molar-refractivity contribution in [3.05, 3.63) is 33.8 Å². The molecule has 1 saturated heterocycles. The Morgan fingerprint density at radius 3 is 3.05 bits per heavy atom. The highest BCUT2D eigenvalue weighted by molar-refractivity contribution is 9.10. The maximum absolute atomic E-state index is 12.6. The van der Waals surface area contributed by atoms with Crippen LogP contribution in [0.2, 0.25) is 0 Å². The highest BCUT2D eigenvalue weighted by Gasteiger charge is 2.29. The summed E-state index contributed by atoms with van der Waals surface area (Å²) in [6.07, 6.45) is 3.77. The molecule has 1 unspecified atom stereocenters. The topological polar surface area (TPSA) is 40.5 Å². The van der Waals surface area contributed by atoms with Crippen molar-refractivity contribution < 1.29 is 9.90 Å². The number of nitrogens with zero attached hydrogens (tertiary/aromatic N) is 1. The Bertz CT molecular complexity index is 461. The van der Waals surface area contributed by atoms with E-state index in [-0.39, 0.29) is 18.6 Å². The van der Waals surface area contributed by atoms with Crippen LogP contribution in [0.5, 0.6) is 0 Å². The number of likely N-dealkylation sites (tertiary alicyclic amines) is 1. The third kappa shape index (κ3) is 3.37. The van der Waals surface area contributed by atoms with Gasteiger partial charge in [0, 0.05) is 23.7 Å². The molecule has 0 radical (unpaired) electrons. The average molecular weight is 326 g/mol. The number of carbonyl (C=O) groups is 1. The fourth-order valence-corrected chi connectivity index (χ4v) is 3.10. The molecule has 0 aliphatic carbocycles. The molecule has 0 bridgehead atoms. The SMILES string of the molecule is Cc1ccc(Br)c(C(=O)N2CCCC2CCCO)c1. The monoisotopic (exact) mass is 325 g/mol. The van der Waals surface area contributed by atoms with E-state index in [0.717, 1.165) is 47.8 Å². The smallest absolute Gasteiger partial charge is 0.255 e. The van der Waals surface area contributed by atoms with Crippen molar-refractivity contribution in [2.24, 2.45) is 0 Å². The highest BCUT2D eigenvalue weighted by atomic mass is 79.9. The molecule has 1 aliphatic heterocycles. The Balaban J connectivity index is 2.16. The van der Waals surface area contributed by atoms with Gasteiger partial charge in [0.15, 0.2) is 0 Å². The number of halogens is 1. The van der Waals surface area contributed by atoms with Crippen molar-refractivity contribution in [1.29, 1.82) is 0 Å². The third-order valence-corrected chi connectivity index (χ3v) is 4.38. The Hall–Kier alpha value is -0.870. The maximum Gasteiger partial charge on any atom is 0.255 e. The molecule has 1 aliphatic rings.